The Bertz CT molecular complexity index is 723. The molecule has 0 atom stereocenters. The van der Waals surface area contributed by atoms with Crippen LogP contribution in [0.2, 0.25) is 0 Å². The van der Waals surface area contributed by atoms with E-state index in [2.05, 4.69) is 27.8 Å². The van der Waals surface area contributed by atoms with Crippen LogP contribution in [0.15, 0.2) is 47.5 Å². The molecule has 0 radical (unpaired) electrons. The summed E-state index contributed by atoms with van der Waals surface area (Å²) in [4.78, 5) is 4.25. The molecule has 7 heteroatoms. The van der Waals surface area contributed by atoms with Crippen molar-refractivity contribution >= 4 is 35.6 Å². The number of nitrogens with one attached hydrogen (secondary N) is 2. The summed E-state index contributed by atoms with van der Waals surface area (Å²) < 4.78 is 15.7. The first-order chi connectivity index (χ1) is 12.2. The minimum absolute atomic E-state index is 0. The van der Waals surface area contributed by atoms with Gasteiger partial charge in [-0.15, -0.1) is 24.0 Å². The SMILES string of the molecule is CN=C(NCc1cccc(COC)c1)Nc1ccc(OC)c(OC)c1.I. The summed E-state index contributed by atoms with van der Waals surface area (Å²) in [7, 11) is 6.65. The van der Waals surface area contributed by atoms with Crippen molar-refractivity contribution in [1.82, 2.24) is 5.32 Å². The molecule has 2 N–H and O–H groups in total. The predicted octanol–water partition coefficient (Wildman–Crippen LogP) is 3.66. The fourth-order valence-corrected chi connectivity index (χ4v) is 2.41. The van der Waals surface area contributed by atoms with Gasteiger partial charge in [0.25, 0.3) is 0 Å². The smallest absolute Gasteiger partial charge is 0.195 e. The lowest BCUT2D eigenvalue weighted by Crippen LogP contribution is -2.30. The van der Waals surface area contributed by atoms with Crippen LogP contribution in [0.25, 0.3) is 0 Å². The van der Waals surface area contributed by atoms with Crippen molar-refractivity contribution < 1.29 is 14.2 Å². The maximum atomic E-state index is 5.32. The van der Waals surface area contributed by atoms with E-state index in [0.29, 0.717) is 30.6 Å². The van der Waals surface area contributed by atoms with E-state index in [1.165, 1.54) is 0 Å². The van der Waals surface area contributed by atoms with Crippen LogP contribution in [0.3, 0.4) is 0 Å². The molecule has 0 amide bonds. The number of nitrogens with zero attached hydrogens (tertiary/aromatic N) is 1. The lowest BCUT2D eigenvalue weighted by Gasteiger charge is -2.14. The third-order valence-corrected chi connectivity index (χ3v) is 3.63. The van der Waals surface area contributed by atoms with Crippen molar-refractivity contribution in [2.45, 2.75) is 13.2 Å². The largest absolute Gasteiger partial charge is 0.493 e. The Labute approximate surface area is 172 Å². The highest BCUT2D eigenvalue weighted by Gasteiger charge is 2.06. The van der Waals surface area contributed by atoms with Gasteiger partial charge in [0.05, 0.1) is 20.8 Å². The van der Waals surface area contributed by atoms with E-state index < -0.39 is 0 Å². The minimum atomic E-state index is 0. The number of hydrogen-bond acceptors (Lipinski definition) is 4. The number of rotatable bonds is 7. The summed E-state index contributed by atoms with van der Waals surface area (Å²) in [5.41, 5.74) is 3.16. The van der Waals surface area contributed by atoms with E-state index in [1.54, 1.807) is 28.4 Å². The van der Waals surface area contributed by atoms with E-state index in [-0.39, 0.29) is 24.0 Å². The summed E-state index contributed by atoms with van der Waals surface area (Å²) in [6.07, 6.45) is 0. The lowest BCUT2D eigenvalue weighted by atomic mass is 10.1. The molecule has 0 heterocycles. The van der Waals surface area contributed by atoms with Crippen LogP contribution in [-0.2, 0) is 17.9 Å². The average molecular weight is 471 g/mol. The second kappa shape index (κ2) is 11.6. The lowest BCUT2D eigenvalue weighted by molar-refractivity contribution is 0.185. The Morgan fingerprint density at radius 3 is 2.35 bits per heavy atom. The molecule has 2 aromatic rings. The van der Waals surface area contributed by atoms with Crippen LogP contribution >= 0.6 is 24.0 Å². The number of anilines is 1. The van der Waals surface area contributed by atoms with Gasteiger partial charge >= 0.3 is 0 Å². The molecule has 0 bridgehead atoms. The Kier molecular flexibility index (Phi) is 9.82. The molecule has 6 nitrogen and oxygen atoms in total. The van der Waals surface area contributed by atoms with Gasteiger partial charge in [0.2, 0.25) is 0 Å². The van der Waals surface area contributed by atoms with Gasteiger partial charge in [-0.2, -0.15) is 0 Å². The highest BCUT2D eigenvalue weighted by Crippen LogP contribution is 2.29. The molecule has 0 aliphatic carbocycles. The van der Waals surface area contributed by atoms with Gasteiger partial charge in [0.1, 0.15) is 0 Å². The van der Waals surface area contributed by atoms with E-state index in [1.807, 2.05) is 30.3 Å². The molecular formula is C19H26IN3O3. The van der Waals surface area contributed by atoms with Gasteiger partial charge in [-0.05, 0) is 23.3 Å². The van der Waals surface area contributed by atoms with Crippen LogP contribution in [0.1, 0.15) is 11.1 Å². The van der Waals surface area contributed by atoms with Crippen molar-refractivity contribution in [2.24, 2.45) is 4.99 Å². The quantitative estimate of drug-likeness (QED) is 0.367. The molecule has 0 aliphatic rings. The van der Waals surface area contributed by atoms with Crippen LogP contribution in [0.4, 0.5) is 5.69 Å². The van der Waals surface area contributed by atoms with E-state index in [0.717, 1.165) is 16.8 Å². The molecule has 2 rings (SSSR count). The highest BCUT2D eigenvalue weighted by molar-refractivity contribution is 14.0. The first-order valence-corrected chi connectivity index (χ1v) is 7.96. The van der Waals surface area contributed by atoms with Crippen molar-refractivity contribution in [2.75, 3.05) is 33.7 Å². The zero-order valence-electron chi connectivity index (χ0n) is 15.5. The molecule has 0 spiro atoms. The van der Waals surface area contributed by atoms with Crippen LogP contribution in [0, 0.1) is 0 Å². The topological polar surface area (TPSA) is 64.1 Å². The van der Waals surface area contributed by atoms with Crippen molar-refractivity contribution in [1.29, 1.82) is 0 Å². The molecule has 0 saturated heterocycles. The number of halogens is 1. The van der Waals surface area contributed by atoms with Crippen LogP contribution in [-0.4, -0.2) is 34.3 Å². The van der Waals surface area contributed by atoms with Gasteiger partial charge in [-0.1, -0.05) is 24.3 Å². The standard InChI is InChI=1S/C19H25N3O3.HI/c1-20-19(21-12-14-6-5-7-15(10-14)13-23-2)22-16-8-9-17(24-3)18(11-16)25-4;/h5-11H,12-13H2,1-4H3,(H2,20,21,22);1H. The normalized spacial score (nSPS) is 10.7. The minimum Gasteiger partial charge on any atom is -0.493 e. The molecule has 142 valence electrons. The fraction of sp³-hybridized carbons (Fsp3) is 0.316. The van der Waals surface area contributed by atoms with Gasteiger partial charge in [0.15, 0.2) is 17.5 Å². The first-order valence-electron chi connectivity index (χ1n) is 7.96. The summed E-state index contributed by atoms with van der Waals surface area (Å²) in [5.74, 6) is 2.02. The third kappa shape index (κ3) is 6.38. The van der Waals surface area contributed by atoms with Crippen LogP contribution in [0.5, 0.6) is 11.5 Å². The van der Waals surface area contributed by atoms with Crippen LogP contribution < -0.4 is 20.1 Å². The third-order valence-electron chi connectivity index (χ3n) is 3.63. The number of guanidine groups is 1. The maximum absolute atomic E-state index is 5.32. The summed E-state index contributed by atoms with van der Waals surface area (Å²) >= 11 is 0. The van der Waals surface area contributed by atoms with Crippen molar-refractivity contribution in [3.8, 4) is 11.5 Å². The second-order valence-corrected chi connectivity index (χ2v) is 5.37. The van der Waals surface area contributed by atoms with Crippen molar-refractivity contribution in [3.63, 3.8) is 0 Å². The molecule has 0 aliphatic heterocycles. The monoisotopic (exact) mass is 471 g/mol. The molecule has 2 aromatic carbocycles. The van der Waals surface area contributed by atoms with Gasteiger partial charge in [-0.3, -0.25) is 4.99 Å². The van der Waals surface area contributed by atoms with Crippen molar-refractivity contribution in [3.05, 3.63) is 53.6 Å². The maximum Gasteiger partial charge on any atom is 0.195 e. The number of methoxy groups -OCH3 is 3. The van der Waals surface area contributed by atoms with E-state index >= 15 is 0 Å². The fourth-order valence-electron chi connectivity index (χ4n) is 2.41. The second-order valence-electron chi connectivity index (χ2n) is 5.37. The summed E-state index contributed by atoms with van der Waals surface area (Å²) in [6, 6.07) is 13.9. The Balaban J connectivity index is 0.00000338. The van der Waals surface area contributed by atoms with Gasteiger partial charge < -0.3 is 24.8 Å². The van der Waals surface area contributed by atoms with E-state index in [4.69, 9.17) is 14.2 Å². The zero-order chi connectivity index (χ0) is 18.1. The molecule has 0 aromatic heterocycles. The Morgan fingerprint density at radius 1 is 0.962 bits per heavy atom. The summed E-state index contributed by atoms with van der Waals surface area (Å²) in [6.45, 7) is 1.26. The molecule has 0 saturated carbocycles. The molecule has 0 fully saturated rings. The molecule has 26 heavy (non-hydrogen) atoms. The Hall–Kier alpha value is -2.00. The Morgan fingerprint density at radius 2 is 1.69 bits per heavy atom. The average Bonchev–Trinajstić information content (AvgIpc) is 2.65. The highest BCUT2D eigenvalue weighted by atomic mass is 127. The molecular weight excluding hydrogens is 445 g/mol. The zero-order valence-corrected chi connectivity index (χ0v) is 17.9. The molecule has 0 unspecified atom stereocenters. The van der Waals surface area contributed by atoms with E-state index in [9.17, 15) is 0 Å². The number of hydrogen-bond donors (Lipinski definition) is 2. The number of aliphatic imine (C=N–C) groups is 1. The van der Waals surface area contributed by atoms with Gasteiger partial charge in [-0.25, -0.2) is 0 Å². The first kappa shape index (κ1) is 22.0. The number of benzene rings is 2. The summed E-state index contributed by atoms with van der Waals surface area (Å²) in [5, 5.41) is 6.54. The number of ether oxygens (including phenoxy) is 3. The van der Waals surface area contributed by atoms with Gasteiger partial charge in [0, 0.05) is 32.5 Å². The predicted molar refractivity (Wildman–Crippen MR) is 116 cm³/mol.